The summed E-state index contributed by atoms with van der Waals surface area (Å²) < 4.78 is 25.8. The summed E-state index contributed by atoms with van der Waals surface area (Å²) in [5.74, 6) is 0.486. The van der Waals surface area contributed by atoms with Crippen molar-refractivity contribution in [2.45, 2.75) is 13.5 Å². The lowest BCUT2D eigenvalue weighted by molar-refractivity contribution is -0.123. The van der Waals surface area contributed by atoms with E-state index < -0.39 is 0 Å². The summed E-state index contributed by atoms with van der Waals surface area (Å²) >= 11 is 4.31. The van der Waals surface area contributed by atoms with Gasteiger partial charge in [-0.3, -0.25) is 14.5 Å². The minimum absolute atomic E-state index is 0.150. The van der Waals surface area contributed by atoms with Crippen LogP contribution in [0.2, 0.25) is 0 Å². The molecule has 0 aromatic heterocycles. The van der Waals surface area contributed by atoms with Crippen LogP contribution in [0.3, 0.4) is 0 Å². The quantitative estimate of drug-likeness (QED) is 0.301. The molecular formula is C26H21BrFNO4S. The summed E-state index contributed by atoms with van der Waals surface area (Å²) in [6, 6.07) is 19.1. The van der Waals surface area contributed by atoms with E-state index in [-0.39, 0.29) is 36.7 Å². The molecule has 0 spiro atoms. The van der Waals surface area contributed by atoms with Crippen LogP contribution in [0.25, 0.3) is 6.08 Å². The molecule has 2 amide bonds. The van der Waals surface area contributed by atoms with Gasteiger partial charge in [-0.25, -0.2) is 4.39 Å². The summed E-state index contributed by atoms with van der Waals surface area (Å²) in [4.78, 5) is 26.8. The van der Waals surface area contributed by atoms with Gasteiger partial charge >= 0.3 is 0 Å². The molecule has 1 saturated heterocycles. The van der Waals surface area contributed by atoms with Gasteiger partial charge in [0.25, 0.3) is 11.1 Å². The fourth-order valence-electron chi connectivity index (χ4n) is 3.27. The minimum Gasteiger partial charge on any atom is -0.492 e. The van der Waals surface area contributed by atoms with E-state index in [0.29, 0.717) is 27.5 Å². The van der Waals surface area contributed by atoms with E-state index in [0.717, 1.165) is 21.8 Å². The number of halogens is 2. The maximum atomic E-state index is 13.5. The summed E-state index contributed by atoms with van der Waals surface area (Å²) in [5, 5.41) is -0.346. The van der Waals surface area contributed by atoms with Crippen LogP contribution in [0.5, 0.6) is 11.5 Å². The molecule has 1 heterocycles. The molecule has 0 radical (unpaired) electrons. The van der Waals surface area contributed by atoms with E-state index in [9.17, 15) is 14.0 Å². The van der Waals surface area contributed by atoms with Crippen molar-refractivity contribution in [2.75, 3.05) is 13.2 Å². The van der Waals surface area contributed by atoms with Gasteiger partial charge in [0, 0.05) is 10.0 Å². The first-order chi connectivity index (χ1) is 16.4. The smallest absolute Gasteiger partial charge is 0.293 e. The zero-order valence-electron chi connectivity index (χ0n) is 18.3. The highest BCUT2D eigenvalue weighted by Gasteiger charge is 2.35. The molecular weight excluding hydrogens is 521 g/mol. The van der Waals surface area contributed by atoms with Crippen molar-refractivity contribution in [1.82, 2.24) is 4.90 Å². The number of aryl methyl sites for hydroxylation is 1. The molecule has 4 rings (SSSR count). The van der Waals surface area contributed by atoms with Crippen LogP contribution >= 0.6 is 27.7 Å². The second kappa shape index (κ2) is 10.9. The maximum absolute atomic E-state index is 13.5. The molecule has 5 nitrogen and oxygen atoms in total. The topological polar surface area (TPSA) is 55.8 Å². The Hall–Kier alpha value is -3.10. The van der Waals surface area contributed by atoms with Gasteiger partial charge in [0.05, 0.1) is 11.4 Å². The van der Waals surface area contributed by atoms with Crippen LogP contribution in [0.4, 0.5) is 9.18 Å². The molecule has 8 heteroatoms. The van der Waals surface area contributed by atoms with Crippen LogP contribution in [0.15, 0.2) is 76.1 Å². The van der Waals surface area contributed by atoms with E-state index in [1.54, 1.807) is 30.3 Å². The predicted octanol–water partition coefficient (Wildman–Crippen LogP) is 6.59. The minimum atomic E-state index is -0.376. The summed E-state index contributed by atoms with van der Waals surface area (Å²) in [7, 11) is 0. The highest BCUT2D eigenvalue weighted by Crippen LogP contribution is 2.35. The van der Waals surface area contributed by atoms with Crippen LogP contribution in [-0.2, 0) is 11.4 Å². The summed E-state index contributed by atoms with van der Waals surface area (Å²) in [6.07, 6.45) is 1.64. The van der Waals surface area contributed by atoms with Crippen molar-refractivity contribution in [2.24, 2.45) is 0 Å². The molecule has 0 atom stereocenters. The van der Waals surface area contributed by atoms with E-state index in [1.165, 1.54) is 17.0 Å². The van der Waals surface area contributed by atoms with Crippen LogP contribution < -0.4 is 9.47 Å². The third-order valence-corrected chi connectivity index (χ3v) is 6.42. The second-order valence-electron chi connectivity index (χ2n) is 7.60. The Balaban J connectivity index is 1.44. The lowest BCUT2D eigenvalue weighted by Crippen LogP contribution is -2.32. The first-order valence-corrected chi connectivity index (χ1v) is 12.1. The highest BCUT2D eigenvalue weighted by atomic mass is 79.9. The number of hydrogen-bond acceptors (Lipinski definition) is 5. The highest BCUT2D eigenvalue weighted by molar-refractivity contribution is 9.10. The first kappa shape index (κ1) is 24.0. The Labute approximate surface area is 209 Å². The number of nitrogens with zero attached hydrogens (tertiary/aromatic N) is 1. The van der Waals surface area contributed by atoms with Gasteiger partial charge in [0.1, 0.15) is 30.5 Å². The number of ether oxygens (including phenoxy) is 2. The fourth-order valence-corrected chi connectivity index (χ4v) is 4.51. The standard InChI is InChI=1S/C26H21BrFNO4S/c1-17-5-8-22(9-6-17)32-12-11-29-25(30)24(34-26(29)31)15-19-14-20(27)7-10-23(19)33-16-18-3-2-4-21(28)13-18/h2-10,13-15H,11-12,16H2,1H3/b24-15-. The van der Waals surface area contributed by atoms with Gasteiger partial charge in [-0.05, 0) is 72.8 Å². The second-order valence-corrected chi connectivity index (χ2v) is 9.50. The SMILES string of the molecule is Cc1ccc(OCCN2C(=O)S/C(=C\c3cc(Br)ccc3OCc3cccc(F)c3)C2=O)cc1. The molecule has 174 valence electrons. The average Bonchev–Trinajstić information content (AvgIpc) is 3.07. The van der Waals surface area contributed by atoms with E-state index >= 15 is 0 Å². The van der Waals surface area contributed by atoms with Crippen LogP contribution in [0, 0.1) is 12.7 Å². The van der Waals surface area contributed by atoms with Crippen molar-refractivity contribution in [1.29, 1.82) is 0 Å². The monoisotopic (exact) mass is 541 g/mol. The van der Waals surface area contributed by atoms with Gasteiger partial charge in [-0.1, -0.05) is 45.8 Å². The normalized spacial score (nSPS) is 14.7. The zero-order chi connectivity index (χ0) is 24.1. The van der Waals surface area contributed by atoms with E-state index in [4.69, 9.17) is 9.47 Å². The third kappa shape index (κ3) is 6.07. The van der Waals surface area contributed by atoms with Crippen molar-refractivity contribution in [3.63, 3.8) is 0 Å². The van der Waals surface area contributed by atoms with Gasteiger partial charge in [-0.15, -0.1) is 0 Å². The van der Waals surface area contributed by atoms with Crippen molar-refractivity contribution < 1.29 is 23.5 Å². The first-order valence-electron chi connectivity index (χ1n) is 10.5. The van der Waals surface area contributed by atoms with Crippen molar-refractivity contribution >= 4 is 44.9 Å². The summed E-state index contributed by atoms with van der Waals surface area (Å²) in [6.45, 7) is 2.50. The molecule has 1 fully saturated rings. The molecule has 0 bridgehead atoms. The Morgan fingerprint density at radius 1 is 1.03 bits per heavy atom. The molecule has 0 unspecified atom stereocenters. The number of thioether (sulfide) groups is 1. The number of imide groups is 1. The third-order valence-electron chi connectivity index (χ3n) is 5.02. The number of carbonyl (C=O) groups excluding carboxylic acids is 2. The Morgan fingerprint density at radius 3 is 2.59 bits per heavy atom. The molecule has 0 N–H and O–H groups in total. The zero-order valence-corrected chi connectivity index (χ0v) is 20.7. The largest absolute Gasteiger partial charge is 0.492 e. The van der Waals surface area contributed by atoms with Gasteiger partial charge in [0.15, 0.2) is 0 Å². The van der Waals surface area contributed by atoms with Crippen molar-refractivity contribution in [3.8, 4) is 11.5 Å². The van der Waals surface area contributed by atoms with E-state index in [1.807, 2.05) is 37.3 Å². The molecule has 1 aliphatic rings. The lowest BCUT2D eigenvalue weighted by atomic mass is 10.1. The van der Waals surface area contributed by atoms with Gasteiger partial charge < -0.3 is 9.47 Å². The average molecular weight is 542 g/mol. The molecule has 3 aromatic carbocycles. The number of hydrogen-bond donors (Lipinski definition) is 0. The Bertz CT molecular complexity index is 1250. The number of carbonyl (C=O) groups is 2. The molecule has 3 aromatic rings. The molecule has 34 heavy (non-hydrogen) atoms. The summed E-state index contributed by atoms with van der Waals surface area (Å²) in [5.41, 5.74) is 2.44. The van der Waals surface area contributed by atoms with Gasteiger partial charge in [0.2, 0.25) is 0 Å². The maximum Gasteiger partial charge on any atom is 0.293 e. The number of amides is 2. The molecule has 0 aliphatic carbocycles. The van der Waals surface area contributed by atoms with Crippen LogP contribution in [0.1, 0.15) is 16.7 Å². The van der Waals surface area contributed by atoms with Gasteiger partial charge in [-0.2, -0.15) is 0 Å². The molecule has 1 aliphatic heterocycles. The predicted molar refractivity (Wildman–Crippen MR) is 134 cm³/mol. The number of rotatable bonds is 8. The Kier molecular flexibility index (Phi) is 7.70. The van der Waals surface area contributed by atoms with E-state index in [2.05, 4.69) is 15.9 Å². The van der Waals surface area contributed by atoms with Crippen LogP contribution in [-0.4, -0.2) is 29.2 Å². The fraction of sp³-hybridized carbons (Fsp3) is 0.154. The number of benzene rings is 3. The lowest BCUT2D eigenvalue weighted by Gasteiger charge is -2.13. The Morgan fingerprint density at radius 2 is 1.82 bits per heavy atom. The molecule has 0 saturated carbocycles. The van der Waals surface area contributed by atoms with Crippen molar-refractivity contribution in [3.05, 3.63) is 98.6 Å².